The van der Waals surface area contributed by atoms with Crippen molar-refractivity contribution >= 4 is 17.9 Å². The zero-order valence-corrected chi connectivity index (χ0v) is 33.2. The van der Waals surface area contributed by atoms with Gasteiger partial charge in [0, 0.05) is 19.3 Å². The maximum atomic E-state index is 12.6. The predicted octanol–water partition coefficient (Wildman–Crippen LogP) is 8.85. The number of carboxylic acids is 1. The van der Waals surface area contributed by atoms with Crippen molar-refractivity contribution in [3.05, 3.63) is 85.1 Å². The number of likely N-dealkylation sites (N-methyl/N-ethyl adjacent to an activating group) is 1. The Hall–Kier alpha value is -3.49. The van der Waals surface area contributed by atoms with Crippen LogP contribution in [0.15, 0.2) is 85.1 Å². The van der Waals surface area contributed by atoms with Crippen LogP contribution in [0, 0.1) is 0 Å². The van der Waals surface area contributed by atoms with Gasteiger partial charge in [0.2, 0.25) is 0 Å². The summed E-state index contributed by atoms with van der Waals surface area (Å²) in [7, 11) is 5.37. The van der Waals surface area contributed by atoms with Gasteiger partial charge in [-0.3, -0.25) is 9.59 Å². The number of nitrogens with zero attached hydrogens (tertiary/aromatic N) is 1. The highest BCUT2D eigenvalue weighted by Gasteiger charge is 2.25. The van der Waals surface area contributed by atoms with Crippen LogP contribution in [0.2, 0.25) is 0 Å². The van der Waals surface area contributed by atoms with Crippen LogP contribution in [0.25, 0.3) is 0 Å². The minimum atomic E-state index is -1.14. The van der Waals surface area contributed by atoms with E-state index in [9.17, 15) is 19.5 Å². The van der Waals surface area contributed by atoms with Crippen LogP contribution < -0.4 is 5.11 Å². The molecule has 0 aliphatic rings. The highest BCUT2D eigenvalue weighted by Crippen LogP contribution is 2.13. The molecule has 294 valence electrons. The van der Waals surface area contributed by atoms with E-state index in [4.69, 9.17) is 14.2 Å². The highest BCUT2D eigenvalue weighted by molar-refractivity contribution is 5.70. The lowest BCUT2D eigenvalue weighted by Gasteiger charge is -2.34. The smallest absolute Gasteiger partial charge is 0.306 e. The Balaban J connectivity index is 4.49. The molecule has 0 radical (unpaired) electrons. The van der Waals surface area contributed by atoms with Gasteiger partial charge < -0.3 is 28.6 Å². The SMILES string of the molecule is CC/C=C/C=C/C=C/C=C/C=C/C=C/C=C/CCCCCC(=O)OCC(COCCC(C(=O)[O-])[N+](C)(C)C)OC(=O)CCCCCCCCCCC. The molecule has 0 fully saturated rings. The lowest BCUT2D eigenvalue weighted by atomic mass is 10.1. The maximum Gasteiger partial charge on any atom is 0.306 e. The zero-order chi connectivity index (χ0) is 38.5. The van der Waals surface area contributed by atoms with Crippen molar-refractivity contribution in [1.29, 1.82) is 0 Å². The molecular weight excluding hydrogens is 654 g/mol. The molecule has 0 N–H and O–H groups in total. The van der Waals surface area contributed by atoms with E-state index in [0.717, 1.165) is 44.9 Å². The van der Waals surface area contributed by atoms with Gasteiger partial charge in [-0.1, -0.05) is 157 Å². The fourth-order valence-electron chi connectivity index (χ4n) is 5.17. The lowest BCUT2D eigenvalue weighted by Crippen LogP contribution is -2.55. The molecule has 0 amide bonds. The summed E-state index contributed by atoms with van der Waals surface area (Å²) in [5.41, 5.74) is 0. The summed E-state index contributed by atoms with van der Waals surface area (Å²) in [5.74, 6) is -1.81. The number of rotatable bonds is 33. The Labute approximate surface area is 316 Å². The van der Waals surface area contributed by atoms with Crippen LogP contribution in [-0.4, -0.2) is 75.5 Å². The van der Waals surface area contributed by atoms with Gasteiger partial charge >= 0.3 is 11.9 Å². The van der Waals surface area contributed by atoms with Gasteiger partial charge in [0.1, 0.15) is 12.6 Å². The minimum Gasteiger partial charge on any atom is -0.544 e. The molecular formula is C44H71NO7. The molecule has 8 heteroatoms. The standard InChI is InChI=1S/C44H71NO7/c1-6-8-10-12-14-16-17-18-19-20-21-22-23-24-25-27-28-30-32-34-42(46)51-39-40(38-50-37-36-41(44(48)49)45(3,4)5)52-43(47)35-33-31-29-26-15-13-11-9-7-2/h8,10,12,14,16-25,40-41H,6-7,9,11,13,15,26-39H2,1-5H3/b10-8+,14-12+,17-16+,19-18+,21-20+,23-22+,25-24+. The topological polar surface area (TPSA) is 102 Å². The van der Waals surface area contributed by atoms with Gasteiger partial charge in [0.15, 0.2) is 6.10 Å². The van der Waals surface area contributed by atoms with Crippen LogP contribution in [0.1, 0.15) is 123 Å². The number of ether oxygens (including phenoxy) is 3. The average Bonchev–Trinajstić information content (AvgIpc) is 3.09. The van der Waals surface area contributed by atoms with Crippen molar-refractivity contribution in [3.63, 3.8) is 0 Å². The Kier molecular flexibility index (Phi) is 32.3. The number of carbonyl (C=O) groups is 3. The Bertz CT molecular complexity index is 1120. The summed E-state index contributed by atoms with van der Waals surface area (Å²) in [6, 6.07) is -0.735. The first kappa shape index (κ1) is 48.5. The normalized spacial score (nSPS) is 13.9. The van der Waals surface area contributed by atoms with E-state index in [2.05, 4.69) is 26.0 Å². The third-order valence-corrected chi connectivity index (χ3v) is 8.24. The van der Waals surface area contributed by atoms with E-state index < -0.39 is 18.1 Å². The second-order valence-corrected chi connectivity index (χ2v) is 14.0. The summed E-state index contributed by atoms with van der Waals surface area (Å²) in [6.45, 7) is 4.41. The molecule has 0 aromatic rings. The molecule has 0 saturated heterocycles. The molecule has 8 nitrogen and oxygen atoms in total. The predicted molar refractivity (Wildman–Crippen MR) is 212 cm³/mol. The van der Waals surface area contributed by atoms with E-state index in [-0.39, 0.29) is 42.7 Å². The van der Waals surface area contributed by atoms with E-state index in [1.165, 1.54) is 38.5 Å². The molecule has 2 unspecified atom stereocenters. The molecule has 0 bridgehead atoms. The van der Waals surface area contributed by atoms with Gasteiger partial charge in [0.25, 0.3) is 0 Å². The molecule has 0 aliphatic carbocycles. The van der Waals surface area contributed by atoms with E-state index in [1.807, 2.05) is 72.9 Å². The summed E-state index contributed by atoms with van der Waals surface area (Å²) in [6.07, 6.45) is 43.2. The van der Waals surface area contributed by atoms with E-state index in [0.29, 0.717) is 19.3 Å². The fraction of sp³-hybridized carbons (Fsp3) is 0.614. The lowest BCUT2D eigenvalue weighted by molar-refractivity contribution is -0.889. The number of carbonyl (C=O) groups excluding carboxylic acids is 3. The Morgan fingerprint density at radius 2 is 1.08 bits per heavy atom. The molecule has 0 aliphatic heterocycles. The Morgan fingerprint density at radius 1 is 0.596 bits per heavy atom. The van der Waals surface area contributed by atoms with Crippen LogP contribution >= 0.6 is 0 Å². The summed E-state index contributed by atoms with van der Waals surface area (Å²) in [5, 5.41) is 11.6. The first-order valence-corrected chi connectivity index (χ1v) is 19.7. The molecule has 0 rings (SSSR count). The third kappa shape index (κ3) is 32.4. The number of hydrogen-bond donors (Lipinski definition) is 0. The monoisotopic (exact) mass is 726 g/mol. The number of aliphatic carboxylic acids is 1. The van der Waals surface area contributed by atoms with Crippen molar-refractivity contribution in [2.45, 2.75) is 135 Å². The third-order valence-electron chi connectivity index (χ3n) is 8.24. The van der Waals surface area contributed by atoms with E-state index >= 15 is 0 Å². The van der Waals surface area contributed by atoms with Gasteiger partial charge in [-0.15, -0.1) is 0 Å². The van der Waals surface area contributed by atoms with Crippen molar-refractivity contribution < 1.29 is 38.2 Å². The molecule has 52 heavy (non-hydrogen) atoms. The second-order valence-electron chi connectivity index (χ2n) is 14.0. The minimum absolute atomic E-state index is 0.0214. The Morgan fingerprint density at radius 3 is 1.60 bits per heavy atom. The molecule has 0 aromatic heterocycles. The van der Waals surface area contributed by atoms with Crippen molar-refractivity contribution in [2.24, 2.45) is 0 Å². The largest absolute Gasteiger partial charge is 0.544 e. The van der Waals surface area contributed by atoms with Crippen LogP contribution in [0.5, 0.6) is 0 Å². The first-order chi connectivity index (χ1) is 25.1. The number of quaternary nitrogens is 1. The molecule has 0 saturated carbocycles. The molecule has 2 atom stereocenters. The number of unbranched alkanes of at least 4 members (excludes halogenated alkanes) is 11. The molecule has 0 spiro atoms. The first-order valence-electron chi connectivity index (χ1n) is 19.7. The van der Waals surface area contributed by atoms with Gasteiger partial charge in [-0.25, -0.2) is 0 Å². The van der Waals surface area contributed by atoms with Gasteiger partial charge in [-0.2, -0.15) is 0 Å². The van der Waals surface area contributed by atoms with Crippen LogP contribution in [0.3, 0.4) is 0 Å². The summed E-state index contributed by atoms with van der Waals surface area (Å²) < 4.78 is 17.0. The van der Waals surface area contributed by atoms with Gasteiger partial charge in [0.05, 0.1) is 40.3 Å². The summed E-state index contributed by atoms with van der Waals surface area (Å²) >= 11 is 0. The quantitative estimate of drug-likeness (QED) is 0.0288. The number of carboxylic acid groups (broad SMARTS) is 1. The number of allylic oxidation sites excluding steroid dienone is 14. The van der Waals surface area contributed by atoms with Crippen molar-refractivity contribution in [1.82, 2.24) is 0 Å². The zero-order valence-electron chi connectivity index (χ0n) is 33.2. The number of esters is 2. The van der Waals surface area contributed by atoms with Crippen LogP contribution in [-0.2, 0) is 28.6 Å². The fourth-order valence-corrected chi connectivity index (χ4v) is 5.17. The maximum absolute atomic E-state index is 12.6. The number of hydrogen-bond acceptors (Lipinski definition) is 7. The van der Waals surface area contributed by atoms with Crippen molar-refractivity contribution in [3.8, 4) is 0 Å². The van der Waals surface area contributed by atoms with Crippen molar-refractivity contribution in [2.75, 3.05) is 41.0 Å². The summed E-state index contributed by atoms with van der Waals surface area (Å²) in [4.78, 5) is 36.6. The average molecular weight is 726 g/mol. The highest BCUT2D eigenvalue weighted by atomic mass is 16.6. The second kappa shape index (κ2) is 34.6. The van der Waals surface area contributed by atoms with E-state index in [1.54, 1.807) is 21.1 Å². The molecule has 0 heterocycles. The van der Waals surface area contributed by atoms with Gasteiger partial charge in [-0.05, 0) is 32.1 Å². The van der Waals surface area contributed by atoms with Crippen LogP contribution in [0.4, 0.5) is 0 Å². The molecule has 0 aromatic carbocycles.